The third-order valence-corrected chi connectivity index (χ3v) is 4.98. The molecule has 1 unspecified atom stereocenters. The summed E-state index contributed by atoms with van der Waals surface area (Å²) >= 11 is 0. The first-order chi connectivity index (χ1) is 12.7. The molecule has 0 saturated heterocycles. The molecule has 0 fully saturated rings. The summed E-state index contributed by atoms with van der Waals surface area (Å²) in [6, 6.07) is 18.9. The predicted molar refractivity (Wildman–Crippen MR) is 108 cm³/mol. The van der Waals surface area contributed by atoms with Crippen LogP contribution in [0.4, 0.5) is 0 Å². The molecule has 0 aliphatic carbocycles. The van der Waals surface area contributed by atoms with Gasteiger partial charge in [-0.15, -0.1) is 0 Å². The highest BCUT2D eigenvalue weighted by Crippen LogP contribution is 2.32. The molecule has 0 bridgehead atoms. The molecule has 1 N–H and O–H groups in total. The lowest BCUT2D eigenvalue weighted by atomic mass is 9.88. The van der Waals surface area contributed by atoms with Gasteiger partial charge >= 0.3 is 0 Å². The number of nitrogens with zero attached hydrogens (tertiary/aromatic N) is 1. The number of carbonyl (C=O) groups is 1. The predicted octanol–water partition coefficient (Wildman–Crippen LogP) is 4.81. The number of hydrogen-bond acceptors (Lipinski definition) is 1. The highest BCUT2D eigenvalue weighted by molar-refractivity contribution is 5.86. The van der Waals surface area contributed by atoms with Crippen molar-refractivity contribution in [2.45, 2.75) is 38.5 Å². The number of benzene rings is 2. The molecule has 2 aromatic carbocycles. The van der Waals surface area contributed by atoms with Crippen LogP contribution >= 0.6 is 0 Å². The maximum absolute atomic E-state index is 12.5. The molecule has 3 nitrogen and oxygen atoms in total. The molecule has 136 valence electrons. The van der Waals surface area contributed by atoms with Crippen LogP contribution < -0.4 is 5.32 Å². The zero-order valence-electron chi connectivity index (χ0n) is 15.7. The molecule has 1 heterocycles. The van der Waals surface area contributed by atoms with Gasteiger partial charge in [-0.25, -0.2) is 0 Å². The first kappa shape index (κ1) is 18.2. The van der Waals surface area contributed by atoms with Crippen molar-refractivity contribution in [3.05, 3.63) is 71.9 Å². The van der Waals surface area contributed by atoms with E-state index in [1.165, 1.54) is 22.0 Å². The number of hydrogen-bond donors (Lipinski definition) is 1. The van der Waals surface area contributed by atoms with Crippen molar-refractivity contribution in [2.24, 2.45) is 7.05 Å². The lowest BCUT2D eigenvalue weighted by Crippen LogP contribution is -2.26. The van der Waals surface area contributed by atoms with Crippen LogP contribution in [0.5, 0.6) is 0 Å². The van der Waals surface area contributed by atoms with E-state index >= 15 is 0 Å². The van der Waals surface area contributed by atoms with Gasteiger partial charge in [0.1, 0.15) is 0 Å². The highest BCUT2D eigenvalue weighted by atomic mass is 16.1. The monoisotopic (exact) mass is 348 g/mol. The minimum absolute atomic E-state index is 0.146. The van der Waals surface area contributed by atoms with E-state index in [-0.39, 0.29) is 11.8 Å². The van der Waals surface area contributed by atoms with Crippen LogP contribution in [-0.2, 0) is 18.3 Å². The molecule has 1 atom stereocenters. The van der Waals surface area contributed by atoms with Crippen LogP contribution in [0.15, 0.2) is 60.8 Å². The number of aromatic nitrogens is 1. The fourth-order valence-electron chi connectivity index (χ4n) is 3.59. The molecule has 1 aromatic heterocycles. The van der Waals surface area contributed by atoms with E-state index in [4.69, 9.17) is 0 Å². The van der Waals surface area contributed by atoms with E-state index in [1.54, 1.807) is 0 Å². The minimum Gasteiger partial charge on any atom is -0.356 e. The molecule has 0 saturated carbocycles. The lowest BCUT2D eigenvalue weighted by molar-refractivity contribution is -0.121. The van der Waals surface area contributed by atoms with Crippen molar-refractivity contribution < 1.29 is 4.79 Å². The van der Waals surface area contributed by atoms with Crippen molar-refractivity contribution in [3.63, 3.8) is 0 Å². The second-order valence-electron chi connectivity index (χ2n) is 7.01. The highest BCUT2D eigenvalue weighted by Gasteiger charge is 2.20. The zero-order valence-corrected chi connectivity index (χ0v) is 15.7. The van der Waals surface area contributed by atoms with Gasteiger partial charge in [-0.3, -0.25) is 4.79 Å². The van der Waals surface area contributed by atoms with Crippen molar-refractivity contribution in [1.29, 1.82) is 0 Å². The summed E-state index contributed by atoms with van der Waals surface area (Å²) in [5.41, 5.74) is 3.75. The molecule has 0 spiro atoms. The molecule has 1 amide bonds. The quantitative estimate of drug-likeness (QED) is 0.582. The number of fused-ring (bicyclic) bond motifs is 1. The van der Waals surface area contributed by atoms with Gasteiger partial charge in [0.15, 0.2) is 0 Å². The number of amides is 1. The van der Waals surface area contributed by atoms with Gasteiger partial charge < -0.3 is 9.88 Å². The Morgan fingerprint density at radius 2 is 1.81 bits per heavy atom. The summed E-state index contributed by atoms with van der Waals surface area (Å²) in [6.45, 7) is 2.91. The van der Waals surface area contributed by atoms with E-state index in [2.05, 4.69) is 78.6 Å². The Kier molecular flexibility index (Phi) is 6.11. The number of unbranched alkanes of at least 4 members (excludes halogenated alkanes) is 1. The first-order valence-corrected chi connectivity index (χ1v) is 9.53. The van der Waals surface area contributed by atoms with Gasteiger partial charge in [0, 0.05) is 37.1 Å². The van der Waals surface area contributed by atoms with Gasteiger partial charge in [0.2, 0.25) is 5.91 Å². The average molecular weight is 348 g/mol. The van der Waals surface area contributed by atoms with E-state index in [1.807, 2.05) is 6.07 Å². The minimum atomic E-state index is 0.146. The van der Waals surface area contributed by atoms with Gasteiger partial charge in [-0.2, -0.15) is 0 Å². The second-order valence-corrected chi connectivity index (χ2v) is 7.01. The Labute approximate surface area is 156 Å². The molecule has 0 aliphatic heterocycles. The van der Waals surface area contributed by atoms with Gasteiger partial charge in [0.25, 0.3) is 0 Å². The molecule has 0 radical (unpaired) electrons. The molecular formula is C23H28N2O. The lowest BCUT2D eigenvalue weighted by Gasteiger charge is -2.17. The van der Waals surface area contributed by atoms with Crippen LogP contribution in [0.25, 0.3) is 10.9 Å². The molecule has 3 rings (SSSR count). The van der Waals surface area contributed by atoms with Crippen molar-refractivity contribution in [2.75, 3.05) is 6.54 Å². The fraction of sp³-hybridized carbons (Fsp3) is 0.348. The molecule has 3 heteroatoms. The van der Waals surface area contributed by atoms with Crippen molar-refractivity contribution in [1.82, 2.24) is 9.88 Å². The Morgan fingerprint density at radius 3 is 2.58 bits per heavy atom. The van der Waals surface area contributed by atoms with Crippen LogP contribution in [0.2, 0.25) is 0 Å². The van der Waals surface area contributed by atoms with Crippen LogP contribution in [0.3, 0.4) is 0 Å². The smallest absolute Gasteiger partial charge is 0.220 e. The van der Waals surface area contributed by atoms with Crippen LogP contribution in [0, 0.1) is 0 Å². The second kappa shape index (κ2) is 8.70. The number of nitrogens with one attached hydrogen (secondary N) is 1. The summed E-state index contributed by atoms with van der Waals surface area (Å²) < 4.78 is 2.16. The number of para-hydroxylation sites is 1. The molecule has 3 aromatic rings. The SMILES string of the molecule is CCCCNC(=O)CC(Cc1ccccc1)c1cn(C)c2ccccc12. The summed E-state index contributed by atoms with van der Waals surface area (Å²) in [5, 5.41) is 4.33. The zero-order chi connectivity index (χ0) is 18.4. The van der Waals surface area contributed by atoms with E-state index in [0.29, 0.717) is 6.42 Å². The van der Waals surface area contributed by atoms with Gasteiger partial charge in [-0.1, -0.05) is 61.9 Å². The topological polar surface area (TPSA) is 34.0 Å². The standard InChI is InChI=1S/C23H28N2O/c1-3-4-14-24-23(26)16-19(15-18-10-6-5-7-11-18)21-17-25(2)22-13-9-8-12-20(21)22/h5-13,17,19H,3-4,14-16H2,1-2H3,(H,24,26). The number of aryl methyl sites for hydroxylation is 1. The van der Waals surface area contributed by atoms with E-state index in [9.17, 15) is 4.79 Å². The average Bonchev–Trinajstić information content (AvgIpc) is 2.99. The Morgan fingerprint density at radius 1 is 1.08 bits per heavy atom. The van der Waals surface area contributed by atoms with E-state index < -0.39 is 0 Å². The molecule has 26 heavy (non-hydrogen) atoms. The largest absolute Gasteiger partial charge is 0.356 e. The van der Waals surface area contributed by atoms with Gasteiger partial charge in [0.05, 0.1) is 0 Å². The fourth-order valence-corrected chi connectivity index (χ4v) is 3.59. The normalized spacial score (nSPS) is 12.2. The first-order valence-electron chi connectivity index (χ1n) is 9.53. The maximum Gasteiger partial charge on any atom is 0.220 e. The third-order valence-electron chi connectivity index (χ3n) is 4.98. The van der Waals surface area contributed by atoms with Crippen molar-refractivity contribution in [3.8, 4) is 0 Å². The van der Waals surface area contributed by atoms with Crippen LogP contribution in [0.1, 0.15) is 43.2 Å². The third kappa shape index (κ3) is 4.34. The summed E-state index contributed by atoms with van der Waals surface area (Å²) in [5.74, 6) is 0.317. The van der Waals surface area contributed by atoms with E-state index in [0.717, 1.165) is 25.8 Å². The summed E-state index contributed by atoms with van der Waals surface area (Å²) in [6.07, 6.45) is 5.71. The summed E-state index contributed by atoms with van der Waals surface area (Å²) in [7, 11) is 2.08. The number of carbonyl (C=O) groups excluding carboxylic acids is 1. The Bertz CT molecular complexity index is 851. The van der Waals surface area contributed by atoms with Crippen LogP contribution in [-0.4, -0.2) is 17.0 Å². The van der Waals surface area contributed by atoms with Gasteiger partial charge in [-0.05, 0) is 36.0 Å². The Balaban J connectivity index is 1.88. The molecule has 0 aliphatic rings. The van der Waals surface area contributed by atoms with Crippen molar-refractivity contribution >= 4 is 16.8 Å². The molecular weight excluding hydrogens is 320 g/mol. The Hall–Kier alpha value is -2.55. The number of rotatable bonds is 8. The summed E-state index contributed by atoms with van der Waals surface area (Å²) in [4.78, 5) is 12.5. The maximum atomic E-state index is 12.5.